The van der Waals surface area contributed by atoms with E-state index >= 15 is 0 Å². The Bertz CT molecular complexity index is 408. The summed E-state index contributed by atoms with van der Waals surface area (Å²) in [5.74, 6) is 1.68. The number of methoxy groups -OCH3 is 1. The fourth-order valence-corrected chi connectivity index (χ4v) is 1.69. The van der Waals surface area contributed by atoms with Crippen molar-refractivity contribution in [2.75, 3.05) is 40.5 Å². The van der Waals surface area contributed by atoms with Crippen molar-refractivity contribution in [2.45, 2.75) is 13.3 Å². The van der Waals surface area contributed by atoms with Crippen molar-refractivity contribution in [1.29, 1.82) is 0 Å². The van der Waals surface area contributed by atoms with Gasteiger partial charge in [0.1, 0.15) is 12.4 Å². The van der Waals surface area contributed by atoms with E-state index in [4.69, 9.17) is 9.47 Å². The molecular weight excluding hydrogens is 254 g/mol. The first-order chi connectivity index (χ1) is 9.76. The smallest absolute Gasteiger partial charge is 0.191 e. The predicted octanol–water partition coefficient (Wildman–Crippen LogP) is 1.58. The summed E-state index contributed by atoms with van der Waals surface area (Å²) < 4.78 is 10.7. The third kappa shape index (κ3) is 6.99. The summed E-state index contributed by atoms with van der Waals surface area (Å²) in [5.41, 5.74) is 1.20. The fourth-order valence-electron chi connectivity index (χ4n) is 1.69. The van der Waals surface area contributed by atoms with Crippen molar-refractivity contribution < 1.29 is 9.47 Å². The molecule has 0 bridgehead atoms. The summed E-state index contributed by atoms with van der Waals surface area (Å²) >= 11 is 0. The number of nitrogens with zero attached hydrogens (tertiary/aromatic N) is 1. The zero-order valence-electron chi connectivity index (χ0n) is 12.6. The summed E-state index contributed by atoms with van der Waals surface area (Å²) in [5, 5.41) is 6.42. The highest BCUT2D eigenvalue weighted by Gasteiger charge is 1.97. The lowest BCUT2D eigenvalue weighted by molar-refractivity contribution is 0.195. The standard InChI is InChI=1S/C15H25N3O2/c1-13-6-4-7-14(12-13)20-11-9-18-15(16-2)17-8-5-10-19-3/h4,6-7,12H,5,8-11H2,1-3H3,(H2,16,17,18). The van der Waals surface area contributed by atoms with Gasteiger partial charge in [-0.2, -0.15) is 0 Å². The summed E-state index contributed by atoms with van der Waals surface area (Å²) in [6.07, 6.45) is 0.955. The van der Waals surface area contributed by atoms with Crippen molar-refractivity contribution in [3.05, 3.63) is 29.8 Å². The van der Waals surface area contributed by atoms with E-state index in [1.807, 2.05) is 18.2 Å². The Morgan fingerprint density at radius 1 is 1.20 bits per heavy atom. The zero-order valence-corrected chi connectivity index (χ0v) is 12.6. The van der Waals surface area contributed by atoms with Crippen molar-refractivity contribution in [3.63, 3.8) is 0 Å². The average molecular weight is 279 g/mol. The minimum absolute atomic E-state index is 0.599. The molecule has 1 aromatic carbocycles. The Morgan fingerprint density at radius 2 is 2.00 bits per heavy atom. The lowest BCUT2D eigenvalue weighted by Crippen LogP contribution is -2.39. The van der Waals surface area contributed by atoms with Crippen molar-refractivity contribution >= 4 is 5.96 Å². The van der Waals surface area contributed by atoms with E-state index in [0.29, 0.717) is 13.2 Å². The third-order valence-corrected chi connectivity index (χ3v) is 2.69. The second-order valence-corrected chi connectivity index (χ2v) is 4.44. The topological polar surface area (TPSA) is 54.9 Å². The van der Waals surface area contributed by atoms with Gasteiger partial charge in [0.25, 0.3) is 0 Å². The van der Waals surface area contributed by atoms with Crippen LogP contribution in [0.5, 0.6) is 5.75 Å². The predicted molar refractivity (Wildman–Crippen MR) is 82.5 cm³/mol. The summed E-state index contributed by atoms with van der Waals surface area (Å²) in [7, 11) is 3.46. The molecule has 0 unspecified atom stereocenters. The van der Waals surface area contributed by atoms with Gasteiger partial charge in [0.2, 0.25) is 0 Å². The molecule has 0 fully saturated rings. The molecule has 1 rings (SSSR count). The van der Waals surface area contributed by atoms with E-state index in [1.54, 1.807) is 14.2 Å². The molecule has 0 heterocycles. The molecule has 0 atom stereocenters. The van der Waals surface area contributed by atoms with E-state index in [2.05, 4.69) is 28.6 Å². The second-order valence-electron chi connectivity index (χ2n) is 4.44. The highest BCUT2D eigenvalue weighted by atomic mass is 16.5. The van der Waals surface area contributed by atoms with E-state index in [1.165, 1.54) is 5.56 Å². The number of aliphatic imine (C=N–C) groups is 1. The maximum atomic E-state index is 5.66. The largest absolute Gasteiger partial charge is 0.492 e. The number of benzene rings is 1. The van der Waals surface area contributed by atoms with Crippen LogP contribution in [-0.4, -0.2) is 46.4 Å². The Hall–Kier alpha value is -1.75. The van der Waals surface area contributed by atoms with E-state index in [9.17, 15) is 0 Å². The highest BCUT2D eigenvalue weighted by Crippen LogP contribution is 2.11. The molecule has 112 valence electrons. The molecule has 0 aliphatic carbocycles. The number of guanidine groups is 1. The Kier molecular flexibility index (Phi) is 8.22. The minimum atomic E-state index is 0.599. The van der Waals surface area contributed by atoms with Crippen LogP contribution in [0.3, 0.4) is 0 Å². The minimum Gasteiger partial charge on any atom is -0.492 e. The Morgan fingerprint density at radius 3 is 2.70 bits per heavy atom. The lowest BCUT2D eigenvalue weighted by Gasteiger charge is -2.12. The molecule has 0 spiro atoms. The maximum Gasteiger partial charge on any atom is 0.191 e. The molecule has 2 N–H and O–H groups in total. The first kappa shape index (κ1) is 16.3. The van der Waals surface area contributed by atoms with Crippen LogP contribution >= 0.6 is 0 Å². The van der Waals surface area contributed by atoms with Crippen LogP contribution in [0.1, 0.15) is 12.0 Å². The average Bonchev–Trinajstić information content (AvgIpc) is 2.46. The van der Waals surface area contributed by atoms with Gasteiger partial charge in [0, 0.05) is 27.3 Å². The summed E-state index contributed by atoms with van der Waals surface area (Å²) in [4.78, 5) is 4.14. The van der Waals surface area contributed by atoms with Crippen molar-refractivity contribution in [2.24, 2.45) is 4.99 Å². The highest BCUT2D eigenvalue weighted by molar-refractivity contribution is 5.79. The number of rotatable bonds is 8. The monoisotopic (exact) mass is 279 g/mol. The molecular formula is C15H25N3O2. The van der Waals surface area contributed by atoms with Gasteiger partial charge in [0.15, 0.2) is 5.96 Å². The van der Waals surface area contributed by atoms with Crippen LogP contribution in [0.2, 0.25) is 0 Å². The van der Waals surface area contributed by atoms with Gasteiger partial charge >= 0.3 is 0 Å². The molecule has 0 radical (unpaired) electrons. The van der Waals surface area contributed by atoms with Gasteiger partial charge in [-0.3, -0.25) is 4.99 Å². The molecule has 0 aliphatic heterocycles. The zero-order chi connectivity index (χ0) is 14.6. The quantitative estimate of drug-likeness (QED) is 0.431. The van der Waals surface area contributed by atoms with Crippen LogP contribution < -0.4 is 15.4 Å². The Labute approximate surface area is 121 Å². The van der Waals surface area contributed by atoms with Crippen molar-refractivity contribution in [3.8, 4) is 5.75 Å². The Balaban J connectivity index is 2.15. The molecule has 20 heavy (non-hydrogen) atoms. The van der Waals surface area contributed by atoms with E-state index in [0.717, 1.165) is 31.3 Å². The van der Waals surface area contributed by atoms with Crippen LogP contribution in [-0.2, 0) is 4.74 Å². The number of ether oxygens (including phenoxy) is 2. The first-order valence-electron chi connectivity index (χ1n) is 6.89. The number of nitrogens with one attached hydrogen (secondary N) is 2. The molecule has 0 aliphatic rings. The molecule has 0 saturated heterocycles. The number of hydrogen-bond donors (Lipinski definition) is 2. The van der Waals surface area contributed by atoms with Crippen LogP contribution in [0.25, 0.3) is 0 Å². The van der Waals surface area contributed by atoms with Crippen LogP contribution in [0, 0.1) is 6.92 Å². The number of hydrogen-bond acceptors (Lipinski definition) is 3. The summed E-state index contributed by atoms with van der Waals surface area (Å²) in [6, 6.07) is 8.04. The lowest BCUT2D eigenvalue weighted by atomic mass is 10.2. The molecule has 1 aromatic rings. The SMILES string of the molecule is CN=C(NCCCOC)NCCOc1cccc(C)c1. The van der Waals surface area contributed by atoms with Crippen molar-refractivity contribution in [1.82, 2.24) is 10.6 Å². The van der Waals surface area contributed by atoms with Crippen LogP contribution in [0.4, 0.5) is 0 Å². The van der Waals surface area contributed by atoms with E-state index in [-0.39, 0.29) is 0 Å². The van der Waals surface area contributed by atoms with E-state index < -0.39 is 0 Å². The molecule has 0 aromatic heterocycles. The maximum absolute atomic E-state index is 5.66. The van der Waals surface area contributed by atoms with Gasteiger partial charge in [0.05, 0.1) is 6.54 Å². The first-order valence-corrected chi connectivity index (χ1v) is 6.89. The molecule has 5 nitrogen and oxygen atoms in total. The van der Waals surface area contributed by atoms with Gasteiger partial charge in [-0.15, -0.1) is 0 Å². The van der Waals surface area contributed by atoms with Crippen LogP contribution in [0.15, 0.2) is 29.3 Å². The molecule has 5 heteroatoms. The normalized spacial score (nSPS) is 11.2. The van der Waals surface area contributed by atoms with Gasteiger partial charge in [-0.1, -0.05) is 12.1 Å². The fraction of sp³-hybridized carbons (Fsp3) is 0.533. The van der Waals surface area contributed by atoms with Gasteiger partial charge in [-0.05, 0) is 31.0 Å². The second kappa shape index (κ2) is 10.1. The molecule has 0 saturated carbocycles. The van der Waals surface area contributed by atoms with Gasteiger partial charge < -0.3 is 20.1 Å². The summed E-state index contributed by atoms with van der Waals surface area (Å²) in [6.45, 7) is 4.95. The number of aryl methyl sites for hydroxylation is 1. The third-order valence-electron chi connectivity index (χ3n) is 2.69. The molecule has 0 amide bonds. The van der Waals surface area contributed by atoms with Gasteiger partial charge in [-0.25, -0.2) is 0 Å².